The highest BCUT2D eigenvalue weighted by Crippen LogP contribution is 2.14. The fourth-order valence-corrected chi connectivity index (χ4v) is 2.80. The number of carboxylic acid groups (broad SMARTS) is 1. The van der Waals surface area contributed by atoms with Crippen LogP contribution in [0.2, 0.25) is 5.02 Å². The number of aryl methyl sites for hydroxylation is 2. The van der Waals surface area contributed by atoms with Crippen LogP contribution in [0.5, 0.6) is 0 Å². The maximum atomic E-state index is 12.1. The van der Waals surface area contributed by atoms with Crippen molar-refractivity contribution in [2.75, 3.05) is 0 Å². The highest BCUT2D eigenvalue weighted by atomic mass is 35.5. The van der Waals surface area contributed by atoms with Gasteiger partial charge < -0.3 is 10.1 Å². The van der Waals surface area contributed by atoms with Gasteiger partial charge in [0, 0.05) is 11.4 Å². The minimum absolute atomic E-state index is 0.116. The van der Waals surface area contributed by atoms with Gasteiger partial charge in [0.15, 0.2) is 0 Å². The number of carbonyl (C=O) groups is 1. The third-order valence-corrected chi connectivity index (χ3v) is 4.01. The number of nitrogens with zero attached hydrogens (tertiary/aromatic N) is 1. The number of rotatable bonds is 5. The Balaban J connectivity index is 1.79. The molecular weight excluding hydrogens is 328 g/mol. The fourth-order valence-electron chi connectivity index (χ4n) is 2.59. The molecule has 6 heteroatoms. The quantitative estimate of drug-likeness (QED) is 0.744. The van der Waals surface area contributed by atoms with Crippen LogP contribution in [-0.2, 0) is 12.8 Å². The van der Waals surface area contributed by atoms with Crippen LogP contribution in [0, 0.1) is 0 Å². The van der Waals surface area contributed by atoms with Crippen LogP contribution in [0.1, 0.15) is 28.2 Å². The van der Waals surface area contributed by atoms with Crippen molar-refractivity contribution in [1.82, 2.24) is 9.97 Å². The Morgan fingerprint density at radius 3 is 2.75 bits per heavy atom. The molecule has 5 nitrogen and oxygen atoms in total. The van der Waals surface area contributed by atoms with Crippen molar-refractivity contribution in [3.05, 3.63) is 74.8 Å². The highest BCUT2D eigenvalue weighted by molar-refractivity contribution is 6.30. The van der Waals surface area contributed by atoms with Crippen LogP contribution >= 0.6 is 11.6 Å². The molecule has 2 N–H and O–H groups in total. The summed E-state index contributed by atoms with van der Waals surface area (Å²) in [6, 6.07) is 12.0. The summed E-state index contributed by atoms with van der Waals surface area (Å²) in [7, 11) is 0. The van der Waals surface area contributed by atoms with E-state index < -0.39 is 5.97 Å². The van der Waals surface area contributed by atoms with E-state index in [1.165, 1.54) is 18.2 Å². The molecule has 0 amide bonds. The molecule has 0 bridgehead atoms. The zero-order valence-corrected chi connectivity index (χ0v) is 13.5. The standard InChI is InChI=1S/C18H15ClN2O3/c19-13-5-1-3-11(9-13)4-2-6-16-20-15-10-12(18(23)24)7-8-14(15)17(22)21-16/h1,3,5,7-10H,2,4,6H2,(H,23,24)(H,20,21,22). The topological polar surface area (TPSA) is 83.0 Å². The maximum Gasteiger partial charge on any atom is 0.335 e. The number of hydrogen-bond donors (Lipinski definition) is 2. The van der Waals surface area contributed by atoms with Gasteiger partial charge in [-0.15, -0.1) is 0 Å². The van der Waals surface area contributed by atoms with E-state index in [1.807, 2.05) is 24.3 Å². The fraction of sp³-hybridized carbons (Fsp3) is 0.167. The number of halogens is 1. The van der Waals surface area contributed by atoms with Crippen molar-refractivity contribution in [2.24, 2.45) is 0 Å². The lowest BCUT2D eigenvalue weighted by Gasteiger charge is -2.05. The van der Waals surface area contributed by atoms with Crippen molar-refractivity contribution in [1.29, 1.82) is 0 Å². The molecule has 0 atom stereocenters. The van der Waals surface area contributed by atoms with Crippen molar-refractivity contribution < 1.29 is 9.90 Å². The van der Waals surface area contributed by atoms with Gasteiger partial charge in [-0.25, -0.2) is 9.78 Å². The van der Waals surface area contributed by atoms with Gasteiger partial charge in [0.25, 0.3) is 5.56 Å². The first-order valence-corrected chi connectivity index (χ1v) is 7.91. The number of nitrogens with one attached hydrogen (secondary N) is 1. The smallest absolute Gasteiger partial charge is 0.335 e. The largest absolute Gasteiger partial charge is 0.478 e. The molecule has 122 valence electrons. The number of aromatic nitrogens is 2. The molecule has 0 aliphatic heterocycles. The second-order valence-electron chi connectivity index (χ2n) is 5.53. The summed E-state index contributed by atoms with van der Waals surface area (Å²) < 4.78 is 0. The lowest BCUT2D eigenvalue weighted by Crippen LogP contribution is -2.12. The van der Waals surface area contributed by atoms with Gasteiger partial charge in [-0.3, -0.25) is 4.79 Å². The predicted molar refractivity (Wildman–Crippen MR) is 92.8 cm³/mol. The zero-order chi connectivity index (χ0) is 17.1. The van der Waals surface area contributed by atoms with Gasteiger partial charge >= 0.3 is 5.97 Å². The number of fused-ring (bicyclic) bond motifs is 1. The summed E-state index contributed by atoms with van der Waals surface area (Å²) in [5, 5.41) is 10.1. The average molecular weight is 343 g/mol. The van der Waals surface area contributed by atoms with E-state index in [4.69, 9.17) is 16.7 Å². The Morgan fingerprint density at radius 2 is 2.00 bits per heavy atom. The van der Waals surface area contributed by atoms with Gasteiger partial charge in [0.1, 0.15) is 5.82 Å². The third kappa shape index (κ3) is 3.63. The molecule has 0 radical (unpaired) electrons. The second-order valence-corrected chi connectivity index (χ2v) is 5.97. The van der Waals surface area contributed by atoms with Crippen molar-refractivity contribution in [3.8, 4) is 0 Å². The minimum Gasteiger partial charge on any atom is -0.478 e. The predicted octanol–water partition coefficient (Wildman–Crippen LogP) is 3.45. The first-order valence-electron chi connectivity index (χ1n) is 7.53. The van der Waals surface area contributed by atoms with E-state index in [1.54, 1.807) is 0 Å². The SMILES string of the molecule is O=C(O)c1ccc2c(=O)[nH]c(CCCc3cccc(Cl)c3)nc2c1. The van der Waals surface area contributed by atoms with Gasteiger partial charge in [-0.2, -0.15) is 0 Å². The molecule has 0 fully saturated rings. The average Bonchev–Trinajstić information content (AvgIpc) is 2.54. The summed E-state index contributed by atoms with van der Waals surface area (Å²) in [6.07, 6.45) is 2.21. The molecule has 0 unspecified atom stereocenters. The highest BCUT2D eigenvalue weighted by Gasteiger charge is 2.08. The van der Waals surface area contributed by atoms with E-state index in [0.717, 1.165) is 18.4 Å². The molecule has 0 saturated carbocycles. The van der Waals surface area contributed by atoms with E-state index in [2.05, 4.69) is 9.97 Å². The normalized spacial score (nSPS) is 10.9. The summed E-state index contributed by atoms with van der Waals surface area (Å²) in [4.78, 5) is 30.3. The van der Waals surface area contributed by atoms with E-state index in [-0.39, 0.29) is 11.1 Å². The van der Waals surface area contributed by atoms with Gasteiger partial charge in [-0.05, 0) is 48.7 Å². The van der Waals surface area contributed by atoms with Crippen molar-refractivity contribution >= 4 is 28.5 Å². The minimum atomic E-state index is -1.04. The van der Waals surface area contributed by atoms with Crippen LogP contribution in [0.4, 0.5) is 0 Å². The van der Waals surface area contributed by atoms with Crippen LogP contribution in [0.3, 0.4) is 0 Å². The first-order chi connectivity index (χ1) is 11.5. The number of aromatic carboxylic acids is 1. The number of benzene rings is 2. The van der Waals surface area contributed by atoms with Crippen molar-refractivity contribution in [2.45, 2.75) is 19.3 Å². The Hall–Kier alpha value is -2.66. The molecule has 0 aliphatic rings. The molecule has 24 heavy (non-hydrogen) atoms. The lowest BCUT2D eigenvalue weighted by atomic mass is 10.1. The molecular formula is C18H15ClN2O3. The number of aromatic amines is 1. The molecule has 1 aromatic heterocycles. The number of carboxylic acids is 1. The van der Waals surface area contributed by atoms with Gasteiger partial charge in [0.2, 0.25) is 0 Å². The number of hydrogen-bond acceptors (Lipinski definition) is 3. The Labute approximate surface area is 142 Å². The summed E-state index contributed by atoms with van der Waals surface area (Å²) in [5.41, 5.74) is 1.38. The van der Waals surface area contributed by atoms with Gasteiger partial charge in [0.05, 0.1) is 16.5 Å². The molecule has 2 aromatic carbocycles. The van der Waals surface area contributed by atoms with Crippen LogP contribution in [0.25, 0.3) is 10.9 Å². The summed E-state index contributed by atoms with van der Waals surface area (Å²) in [6.45, 7) is 0. The maximum absolute atomic E-state index is 12.1. The molecule has 0 saturated heterocycles. The Kier molecular flexibility index (Phi) is 4.62. The monoisotopic (exact) mass is 342 g/mol. The first kappa shape index (κ1) is 16.2. The summed E-state index contributed by atoms with van der Waals surface area (Å²) >= 11 is 5.96. The number of H-pyrrole nitrogens is 1. The third-order valence-electron chi connectivity index (χ3n) is 3.77. The molecule has 0 aliphatic carbocycles. The van der Waals surface area contributed by atoms with E-state index in [0.29, 0.717) is 28.2 Å². The molecule has 3 rings (SSSR count). The molecule has 1 heterocycles. The molecule has 3 aromatic rings. The Bertz CT molecular complexity index is 966. The molecule has 0 spiro atoms. The second kappa shape index (κ2) is 6.84. The summed E-state index contributed by atoms with van der Waals surface area (Å²) in [5.74, 6) is -0.487. The van der Waals surface area contributed by atoms with Crippen LogP contribution in [0.15, 0.2) is 47.3 Å². The van der Waals surface area contributed by atoms with Crippen molar-refractivity contribution in [3.63, 3.8) is 0 Å². The van der Waals surface area contributed by atoms with E-state index >= 15 is 0 Å². The van der Waals surface area contributed by atoms with Gasteiger partial charge in [-0.1, -0.05) is 23.7 Å². The van der Waals surface area contributed by atoms with Crippen LogP contribution < -0.4 is 5.56 Å². The van der Waals surface area contributed by atoms with Crippen LogP contribution in [-0.4, -0.2) is 21.0 Å². The Morgan fingerprint density at radius 1 is 1.17 bits per heavy atom. The van der Waals surface area contributed by atoms with E-state index in [9.17, 15) is 9.59 Å². The zero-order valence-electron chi connectivity index (χ0n) is 12.8. The lowest BCUT2D eigenvalue weighted by molar-refractivity contribution is 0.0697.